The Hall–Kier alpha value is -3.99. The quantitative estimate of drug-likeness (QED) is 0.656. The van der Waals surface area contributed by atoms with Crippen molar-refractivity contribution in [2.75, 3.05) is 14.2 Å². The highest BCUT2D eigenvalue weighted by molar-refractivity contribution is 5.93. The number of benzene rings is 2. The summed E-state index contributed by atoms with van der Waals surface area (Å²) >= 11 is 0. The second-order valence-corrected chi connectivity index (χ2v) is 6.45. The molecule has 0 amide bonds. The summed E-state index contributed by atoms with van der Waals surface area (Å²) in [6, 6.07) is 11.9. The van der Waals surface area contributed by atoms with Crippen LogP contribution in [-0.4, -0.2) is 25.2 Å². The molecule has 0 aliphatic carbocycles. The number of para-hydroxylation sites is 1. The van der Waals surface area contributed by atoms with Crippen molar-refractivity contribution in [2.45, 2.75) is 5.92 Å². The van der Waals surface area contributed by atoms with E-state index in [0.29, 0.717) is 16.5 Å². The number of phenols is 1. The third-order valence-corrected chi connectivity index (χ3v) is 4.94. The van der Waals surface area contributed by atoms with E-state index < -0.39 is 17.5 Å². The van der Waals surface area contributed by atoms with Gasteiger partial charge in [0, 0.05) is 5.92 Å². The van der Waals surface area contributed by atoms with Gasteiger partial charge in [-0.2, -0.15) is 5.26 Å². The second kappa shape index (κ2) is 6.87. The maximum absolute atomic E-state index is 12.9. The van der Waals surface area contributed by atoms with Gasteiger partial charge in [0.05, 0.1) is 31.2 Å². The van der Waals surface area contributed by atoms with Crippen LogP contribution in [0.25, 0.3) is 11.0 Å². The molecule has 29 heavy (non-hydrogen) atoms. The first kappa shape index (κ1) is 18.4. The number of aromatic hydroxyl groups is 1. The Morgan fingerprint density at radius 2 is 1.83 bits per heavy atom. The average molecular weight is 392 g/mol. The number of ether oxygens (including phenoxy) is 3. The number of rotatable bonds is 3. The molecule has 146 valence electrons. The summed E-state index contributed by atoms with van der Waals surface area (Å²) in [5, 5.41) is 28.7. The molecule has 2 heterocycles. The lowest BCUT2D eigenvalue weighted by molar-refractivity contribution is 0.338. The van der Waals surface area contributed by atoms with Gasteiger partial charge in [-0.15, -0.1) is 0 Å². The molecule has 2 unspecified atom stereocenters. The smallest absolute Gasteiger partial charge is 0.343 e. The highest BCUT2D eigenvalue weighted by Gasteiger charge is 2.41. The third-order valence-electron chi connectivity index (χ3n) is 4.94. The van der Waals surface area contributed by atoms with Gasteiger partial charge in [0.2, 0.25) is 11.6 Å². The van der Waals surface area contributed by atoms with Crippen molar-refractivity contribution in [2.24, 2.45) is 5.92 Å². The number of phenolic OH excluding ortho intramolecular Hbond substituents is 1. The summed E-state index contributed by atoms with van der Waals surface area (Å²) in [6.07, 6.45) is 0. The Bertz CT molecular complexity index is 1220. The number of hydrogen-bond acceptors (Lipinski definition) is 8. The van der Waals surface area contributed by atoms with Crippen LogP contribution in [0.5, 0.6) is 23.0 Å². The number of fused-ring (bicyclic) bond motifs is 3. The molecule has 2 atom stereocenters. The molecular weight excluding hydrogens is 376 g/mol. The highest BCUT2D eigenvalue weighted by atomic mass is 16.5. The van der Waals surface area contributed by atoms with Gasteiger partial charge >= 0.3 is 5.63 Å². The molecule has 0 bridgehead atoms. The zero-order valence-corrected chi connectivity index (χ0v) is 15.6. The van der Waals surface area contributed by atoms with E-state index in [9.17, 15) is 15.2 Å². The van der Waals surface area contributed by atoms with Gasteiger partial charge in [-0.3, -0.25) is 5.41 Å². The molecule has 1 aromatic heterocycles. The summed E-state index contributed by atoms with van der Waals surface area (Å²) in [7, 11) is 2.75. The molecular formula is C21H16N2O6. The topological polar surface area (TPSA) is 126 Å². The zero-order valence-electron chi connectivity index (χ0n) is 15.6. The van der Waals surface area contributed by atoms with Crippen molar-refractivity contribution in [3.8, 4) is 29.1 Å². The van der Waals surface area contributed by atoms with E-state index in [1.54, 1.807) is 24.3 Å². The number of nitrogens with zero attached hydrogens (tertiary/aromatic N) is 1. The van der Waals surface area contributed by atoms with Gasteiger partial charge in [-0.1, -0.05) is 12.1 Å². The molecule has 0 saturated heterocycles. The van der Waals surface area contributed by atoms with Gasteiger partial charge in [0.1, 0.15) is 11.5 Å². The van der Waals surface area contributed by atoms with Crippen LogP contribution in [0.2, 0.25) is 0 Å². The summed E-state index contributed by atoms with van der Waals surface area (Å²) < 4.78 is 21.5. The van der Waals surface area contributed by atoms with Crippen LogP contribution in [0.4, 0.5) is 0 Å². The molecule has 3 aromatic rings. The standard InChI is InChI=1S/C21H16N2O6/c1-26-14-7-10(8-15(27-2)18(14)24)16-12(9-22)20(23)29-19-11-5-3-4-6-13(11)28-21(25)17(16)19/h3-8,12,16,23-24H,1-2H3. The molecule has 1 aliphatic heterocycles. The van der Waals surface area contributed by atoms with E-state index in [1.807, 2.05) is 6.07 Å². The van der Waals surface area contributed by atoms with E-state index in [1.165, 1.54) is 26.4 Å². The highest BCUT2D eigenvalue weighted by Crippen LogP contribution is 2.47. The van der Waals surface area contributed by atoms with Crippen molar-refractivity contribution in [3.05, 3.63) is 57.9 Å². The molecule has 0 saturated carbocycles. The molecule has 0 radical (unpaired) electrons. The predicted octanol–water partition coefficient (Wildman–Crippen LogP) is 3.16. The van der Waals surface area contributed by atoms with Gasteiger partial charge < -0.3 is 23.7 Å². The minimum absolute atomic E-state index is 0.112. The lowest BCUT2D eigenvalue weighted by Crippen LogP contribution is -2.34. The average Bonchev–Trinajstić information content (AvgIpc) is 2.73. The molecule has 1 aliphatic rings. The van der Waals surface area contributed by atoms with E-state index in [-0.39, 0.29) is 34.5 Å². The first-order valence-corrected chi connectivity index (χ1v) is 8.66. The number of methoxy groups -OCH3 is 2. The van der Waals surface area contributed by atoms with Crippen LogP contribution in [0.3, 0.4) is 0 Å². The van der Waals surface area contributed by atoms with Crippen molar-refractivity contribution < 1.29 is 23.7 Å². The normalized spacial score (nSPS) is 17.9. The zero-order chi connectivity index (χ0) is 20.7. The van der Waals surface area contributed by atoms with Crippen LogP contribution in [0.1, 0.15) is 17.0 Å². The van der Waals surface area contributed by atoms with Gasteiger partial charge in [-0.25, -0.2) is 4.79 Å². The van der Waals surface area contributed by atoms with Crippen LogP contribution in [0.15, 0.2) is 45.6 Å². The van der Waals surface area contributed by atoms with Crippen molar-refractivity contribution in [1.82, 2.24) is 0 Å². The number of nitrogens with one attached hydrogen (secondary N) is 1. The Kier molecular flexibility index (Phi) is 4.35. The third kappa shape index (κ3) is 2.75. The fraction of sp³-hybridized carbons (Fsp3) is 0.190. The fourth-order valence-corrected chi connectivity index (χ4v) is 3.59. The van der Waals surface area contributed by atoms with Crippen molar-refractivity contribution in [3.63, 3.8) is 0 Å². The molecule has 2 N–H and O–H groups in total. The Morgan fingerprint density at radius 1 is 1.17 bits per heavy atom. The lowest BCUT2D eigenvalue weighted by Gasteiger charge is -2.30. The van der Waals surface area contributed by atoms with Gasteiger partial charge in [-0.05, 0) is 29.8 Å². The second-order valence-electron chi connectivity index (χ2n) is 6.45. The van der Waals surface area contributed by atoms with Crippen LogP contribution in [-0.2, 0) is 0 Å². The molecule has 8 heteroatoms. The molecule has 4 rings (SSSR count). The van der Waals surface area contributed by atoms with Crippen molar-refractivity contribution in [1.29, 1.82) is 10.7 Å². The summed E-state index contributed by atoms with van der Waals surface area (Å²) in [6.45, 7) is 0. The fourth-order valence-electron chi connectivity index (χ4n) is 3.59. The minimum Gasteiger partial charge on any atom is -0.502 e. The minimum atomic E-state index is -1.08. The van der Waals surface area contributed by atoms with Crippen LogP contribution >= 0.6 is 0 Å². The molecule has 0 spiro atoms. The number of nitriles is 1. The van der Waals surface area contributed by atoms with Gasteiger partial charge in [0.25, 0.3) is 0 Å². The van der Waals surface area contributed by atoms with Crippen molar-refractivity contribution >= 4 is 16.9 Å². The maximum Gasteiger partial charge on any atom is 0.343 e. The lowest BCUT2D eigenvalue weighted by atomic mass is 9.79. The van der Waals surface area contributed by atoms with E-state index in [0.717, 1.165) is 0 Å². The van der Waals surface area contributed by atoms with E-state index in [4.69, 9.17) is 24.0 Å². The van der Waals surface area contributed by atoms with E-state index >= 15 is 0 Å². The summed E-state index contributed by atoms with van der Waals surface area (Å²) in [5.41, 5.74) is 0.225. The molecule has 8 nitrogen and oxygen atoms in total. The monoisotopic (exact) mass is 392 g/mol. The Labute approximate surface area is 165 Å². The summed E-state index contributed by atoms with van der Waals surface area (Å²) in [5.74, 6) is -2.04. The van der Waals surface area contributed by atoms with Crippen LogP contribution < -0.4 is 19.8 Å². The SMILES string of the molecule is COc1cc(C2c3c(c4ccccc4oc3=O)OC(=N)C2C#N)cc(OC)c1O. The first-order valence-electron chi connectivity index (χ1n) is 8.66. The Balaban J connectivity index is 2.06. The maximum atomic E-state index is 12.9. The number of hydrogen-bond donors (Lipinski definition) is 2. The first-order chi connectivity index (χ1) is 14.0. The van der Waals surface area contributed by atoms with Crippen LogP contribution in [0, 0.1) is 22.7 Å². The molecule has 2 aromatic carbocycles. The summed E-state index contributed by atoms with van der Waals surface area (Å²) in [4.78, 5) is 12.9. The van der Waals surface area contributed by atoms with E-state index in [2.05, 4.69) is 0 Å². The van der Waals surface area contributed by atoms with Gasteiger partial charge in [0.15, 0.2) is 17.2 Å². The molecule has 0 fully saturated rings. The Morgan fingerprint density at radius 3 is 2.45 bits per heavy atom. The largest absolute Gasteiger partial charge is 0.502 e. The predicted molar refractivity (Wildman–Crippen MR) is 103 cm³/mol.